The molecule has 0 saturated carbocycles. The Morgan fingerprint density at radius 2 is 1.82 bits per heavy atom. The number of hydrogen-bond donors (Lipinski definition) is 0. The number of carbonyl (C=O) groups is 1. The van der Waals surface area contributed by atoms with Crippen LogP contribution in [-0.2, 0) is 19.6 Å². The minimum absolute atomic E-state index is 0.0281. The third-order valence-electron chi connectivity index (χ3n) is 5.40. The quantitative estimate of drug-likeness (QED) is 0.745. The SMILES string of the molecule is CC1CN(C(=O)C2CCN(S(=O)(=O)c3cccc4nsnc34)CC2)CC(C)O1. The number of sulfonamides is 1. The van der Waals surface area contributed by atoms with Crippen molar-refractivity contribution in [2.24, 2.45) is 5.92 Å². The number of amides is 1. The maximum Gasteiger partial charge on any atom is 0.245 e. The number of hydrogen-bond acceptors (Lipinski definition) is 7. The van der Waals surface area contributed by atoms with Crippen molar-refractivity contribution in [3.8, 4) is 0 Å². The summed E-state index contributed by atoms with van der Waals surface area (Å²) in [4.78, 5) is 15.0. The first kappa shape index (κ1) is 19.7. The first-order chi connectivity index (χ1) is 13.4. The molecule has 8 nitrogen and oxygen atoms in total. The Hall–Kier alpha value is -1.62. The number of nitrogens with zero attached hydrogens (tertiary/aromatic N) is 4. The number of rotatable bonds is 3. The van der Waals surface area contributed by atoms with Crippen LogP contribution in [0.25, 0.3) is 11.0 Å². The van der Waals surface area contributed by atoms with Gasteiger partial charge in [-0.25, -0.2) is 8.42 Å². The average molecular weight is 425 g/mol. The van der Waals surface area contributed by atoms with E-state index in [1.54, 1.807) is 18.2 Å². The summed E-state index contributed by atoms with van der Waals surface area (Å²) in [7, 11) is -3.66. The zero-order valence-corrected chi connectivity index (χ0v) is 17.6. The van der Waals surface area contributed by atoms with Gasteiger partial charge in [0, 0.05) is 32.1 Å². The van der Waals surface area contributed by atoms with E-state index >= 15 is 0 Å². The summed E-state index contributed by atoms with van der Waals surface area (Å²) in [6.07, 6.45) is 1.12. The van der Waals surface area contributed by atoms with E-state index in [0.29, 0.717) is 50.1 Å². The second kappa shape index (κ2) is 7.66. The normalized spacial score (nSPS) is 25.3. The van der Waals surface area contributed by atoms with Crippen LogP contribution in [0.4, 0.5) is 0 Å². The summed E-state index contributed by atoms with van der Waals surface area (Å²) in [5.41, 5.74) is 1.01. The first-order valence-electron chi connectivity index (χ1n) is 9.52. The van der Waals surface area contributed by atoms with Crippen molar-refractivity contribution in [2.75, 3.05) is 26.2 Å². The van der Waals surface area contributed by atoms with E-state index in [4.69, 9.17) is 4.74 Å². The molecule has 0 aliphatic carbocycles. The van der Waals surface area contributed by atoms with E-state index < -0.39 is 10.0 Å². The van der Waals surface area contributed by atoms with E-state index in [-0.39, 0.29) is 28.9 Å². The van der Waals surface area contributed by atoms with Gasteiger partial charge >= 0.3 is 0 Å². The van der Waals surface area contributed by atoms with Crippen LogP contribution < -0.4 is 0 Å². The van der Waals surface area contributed by atoms with Crippen molar-refractivity contribution in [3.63, 3.8) is 0 Å². The standard InChI is InChI=1S/C18H24N4O4S2/c1-12-10-21(11-13(2)26-12)18(23)14-6-8-22(9-7-14)28(24,25)16-5-3-4-15-17(16)20-27-19-15/h3-5,12-14H,6-11H2,1-2H3. The predicted molar refractivity (Wildman–Crippen MR) is 105 cm³/mol. The van der Waals surface area contributed by atoms with Gasteiger partial charge in [0.05, 0.1) is 23.9 Å². The lowest BCUT2D eigenvalue weighted by Crippen LogP contribution is -2.51. The van der Waals surface area contributed by atoms with Crippen LogP contribution in [0.5, 0.6) is 0 Å². The number of ether oxygens (including phenoxy) is 1. The third-order valence-corrected chi connectivity index (χ3v) is 7.87. The Labute approximate surface area is 168 Å². The summed E-state index contributed by atoms with van der Waals surface area (Å²) in [6.45, 7) is 5.81. The molecule has 1 aromatic heterocycles. The van der Waals surface area contributed by atoms with Gasteiger partial charge in [0.15, 0.2) is 0 Å². The molecule has 0 N–H and O–H groups in total. The summed E-state index contributed by atoms with van der Waals surface area (Å²) in [5, 5.41) is 0. The minimum atomic E-state index is -3.66. The molecule has 2 unspecified atom stereocenters. The van der Waals surface area contributed by atoms with Gasteiger partial charge in [-0.3, -0.25) is 4.79 Å². The number of benzene rings is 1. The van der Waals surface area contributed by atoms with Crippen LogP contribution in [0.3, 0.4) is 0 Å². The van der Waals surface area contributed by atoms with Crippen molar-refractivity contribution in [1.29, 1.82) is 0 Å². The van der Waals surface area contributed by atoms with Gasteiger partial charge in [-0.2, -0.15) is 13.1 Å². The molecule has 2 aliphatic heterocycles. The minimum Gasteiger partial charge on any atom is -0.372 e. The molecule has 0 spiro atoms. The maximum absolute atomic E-state index is 13.1. The summed E-state index contributed by atoms with van der Waals surface area (Å²) in [6, 6.07) is 5.02. The van der Waals surface area contributed by atoms with Gasteiger partial charge in [0.1, 0.15) is 15.9 Å². The Morgan fingerprint density at radius 1 is 1.14 bits per heavy atom. The first-order valence-corrected chi connectivity index (χ1v) is 11.7. The lowest BCUT2D eigenvalue weighted by molar-refractivity contribution is -0.148. The average Bonchev–Trinajstić information content (AvgIpc) is 3.15. The molecule has 4 rings (SSSR count). The van der Waals surface area contributed by atoms with E-state index in [1.165, 1.54) is 4.31 Å². The van der Waals surface area contributed by atoms with Crippen LogP contribution in [0.1, 0.15) is 26.7 Å². The number of carbonyl (C=O) groups excluding carboxylic acids is 1. The van der Waals surface area contributed by atoms with E-state index in [0.717, 1.165) is 11.7 Å². The highest BCUT2D eigenvalue weighted by molar-refractivity contribution is 7.89. The molecule has 1 amide bonds. The molecule has 2 aromatic rings. The molecular weight excluding hydrogens is 400 g/mol. The molecule has 28 heavy (non-hydrogen) atoms. The smallest absolute Gasteiger partial charge is 0.245 e. The van der Waals surface area contributed by atoms with Crippen molar-refractivity contribution in [3.05, 3.63) is 18.2 Å². The molecule has 2 saturated heterocycles. The molecule has 152 valence electrons. The van der Waals surface area contributed by atoms with Gasteiger partial charge in [-0.15, -0.1) is 0 Å². The molecular formula is C18H24N4O4S2. The lowest BCUT2D eigenvalue weighted by Gasteiger charge is -2.39. The Bertz CT molecular complexity index is 959. The molecule has 1 aromatic carbocycles. The van der Waals surface area contributed by atoms with Crippen molar-refractivity contribution in [2.45, 2.75) is 43.8 Å². The van der Waals surface area contributed by atoms with Gasteiger partial charge in [-0.1, -0.05) is 6.07 Å². The zero-order valence-electron chi connectivity index (χ0n) is 15.9. The highest BCUT2D eigenvalue weighted by Gasteiger charge is 2.36. The topological polar surface area (TPSA) is 92.7 Å². The third kappa shape index (κ3) is 3.66. The number of fused-ring (bicyclic) bond motifs is 1. The monoisotopic (exact) mass is 424 g/mol. The second-order valence-electron chi connectivity index (χ2n) is 7.57. The Kier molecular flexibility index (Phi) is 5.38. The van der Waals surface area contributed by atoms with E-state index in [1.807, 2.05) is 18.7 Å². The second-order valence-corrected chi connectivity index (χ2v) is 10.0. The molecule has 0 bridgehead atoms. The molecule has 3 heterocycles. The van der Waals surface area contributed by atoms with Gasteiger partial charge in [0.25, 0.3) is 0 Å². The summed E-state index contributed by atoms with van der Waals surface area (Å²) < 4.78 is 41.7. The van der Waals surface area contributed by atoms with Gasteiger partial charge in [0.2, 0.25) is 15.9 Å². The zero-order chi connectivity index (χ0) is 19.9. The lowest BCUT2D eigenvalue weighted by atomic mass is 9.96. The molecule has 2 aliphatic rings. The van der Waals surface area contributed by atoms with Gasteiger partial charge < -0.3 is 9.64 Å². The predicted octanol–water partition coefficient (Wildman–Crippen LogP) is 1.73. The fourth-order valence-electron chi connectivity index (χ4n) is 4.09. The molecule has 2 fully saturated rings. The Balaban J connectivity index is 1.45. The molecule has 0 radical (unpaired) electrons. The fraction of sp³-hybridized carbons (Fsp3) is 0.611. The number of morpholine rings is 1. The van der Waals surface area contributed by atoms with Crippen LogP contribution in [-0.4, -0.2) is 70.7 Å². The number of piperidine rings is 1. The van der Waals surface area contributed by atoms with Crippen molar-refractivity contribution in [1.82, 2.24) is 18.0 Å². The van der Waals surface area contributed by atoms with Crippen LogP contribution in [0.15, 0.2) is 23.1 Å². The number of aromatic nitrogens is 2. The van der Waals surface area contributed by atoms with Crippen LogP contribution in [0.2, 0.25) is 0 Å². The van der Waals surface area contributed by atoms with Gasteiger partial charge in [-0.05, 0) is 38.8 Å². The van der Waals surface area contributed by atoms with E-state index in [2.05, 4.69) is 8.75 Å². The van der Waals surface area contributed by atoms with Crippen LogP contribution in [0, 0.1) is 5.92 Å². The molecule has 2 atom stereocenters. The van der Waals surface area contributed by atoms with Crippen molar-refractivity contribution < 1.29 is 17.9 Å². The van der Waals surface area contributed by atoms with E-state index in [9.17, 15) is 13.2 Å². The largest absolute Gasteiger partial charge is 0.372 e. The van der Waals surface area contributed by atoms with Crippen molar-refractivity contribution >= 4 is 38.7 Å². The summed E-state index contributed by atoms with van der Waals surface area (Å²) >= 11 is 1.01. The maximum atomic E-state index is 13.1. The molecule has 10 heteroatoms. The summed E-state index contributed by atoms with van der Waals surface area (Å²) in [5.74, 6) is -0.0227. The Morgan fingerprint density at radius 3 is 2.50 bits per heavy atom. The fourth-order valence-corrected chi connectivity index (χ4v) is 6.31. The highest BCUT2D eigenvalue weighted by Crippen LogP contribution is 2.29. The highest BCUT2D eigenvalue weighted by atomic mass is 32.2. The van der Waals surface area contributed by atoms with Crippen LogP contribution >= 0.6 is 11.7 Å².